The van der Waals surface area contributed by atoms with E-state index in [0.717, 1.165) is 19.6 Å². The van der Waals surface area contributed by atoms with Crippen LogP contribution in [0.4, 0.5) is 0 Å². The summed E-state index contributed by atoms with van der Waals surface area (Å²) in [5.41, 5.74) is 0.174. The van der Waals surface area contributed by atoms with Crippen LogP contribution in [0.2, 0.25) is 0 Å². The van der Waals surface area contributed by atoms with Crippen molar-refractivity contribution in [3.05, 3.63) is 0 Å². The van der Waals surface area contributed by atoms with Crippen LogP contribution in [0.5, 0.6) is 0 Å². The molecule has 2 aliphatic rings. The zero-order valence-corrected chi connectivity index (χ0v) is 8.78. The number of hydrogen-bond acceptors (Lipinski definition) is 3. The Bertz CT molecular complexity index is 198. The molecule has 1 aliphatic heterocycles. The molecule has 2 atom stereocenters. The number of likely N-dealkylation sites (tertiary alicyclic amines) is 1. The fourth-order valence-electron chi connectivity index (χ4n) is 3.26. The third-order valence-electron chi connectivity index (χ3n) is 4.09. The molecule has 3 heteroatoms. The second-order valence-corrected chi connectivity index (χ2v) is 4.92. The molecule has 0 amide bonds. The first-order chi connectivity index (χ1) is 6.80. The van der Waals surface area contributed by atoms with Crippen molar-refractivity contribution in [2.75, 3.05) is 32.8 Å². The van der Waals surface area contributed by atoms with Crippen molar-refractivity contribution in [2.24, 2.45) is 11.3 Å². The van der Waals surface area contributed by atoms with E-state index >= 15 is 0 Å². The molecule has 2 rings (SSSR count). The van der Waals surface area contributed by atoms with Crippen LogP contribution in [0.25, 0.3) is 0 Å². The highest BCUT2D eigenvalue weighted by atomic mass is 16.3. The molecule has 0 unspecified atom stereocenters. The summed E-state index contributed by atoms with van der Waals surface area (Å²) in [4.78, 5) is 2.31. The van der Waals surface area contributed by atoms with Crippen molar-refractivity contribution in [3.63, 3.8) is 0 Å². The molecule has 1 saturated carbocycles. The van der Waals surface area contributed by atoms with Gasteiger partial charge in [-0.25, -0.2) is 0 Å². The molecular weight excluding hydrogens is 178 g/mol. The largest absolute Gasteiger partial charge is 0.396 e. The summed E-state index contributed by atoms with van der Waals surface area (Å²) < 4.78 is 0. The average molecular weight is 199 g/mol. The fraction of sp³-hybridized carbons (Fsp3) is 1.00. The summed E-state index contributed by atoms with van der Waals surface area (Å²) in [6.07, 6.45) is 5.03. The van der Waals surface area contributed by atoms with Gasteiger partial charge in [-0.2, -0.15) is 0 Å². The Balaban J connectivity index is 2.03. The van der Waals surface area contributed by atoms with Crippen molar-refractivity contribution < 1.29 is 10.2 Å². The van der Waals surface area contributed by atoms with Gasteiger partial charge >= 0.3 is 0 Å². The van der Waals surface area contributed by atoms with Crippen LogP contribution in [0.15, 0.2) is 0 Å². The number of nitrogens with zero attached hydrogens (tertiary/aromatic N) is 1. The average Bonchev–Trinajstić information content (AvgIpc) is 2.57. The van der Waals surface area contributed by atoms with E-state index in [0.29, 0.717) is 12.5 Å². The lowest BCUT2D eigenvalue weighted by molar-refractivity contribution is 0.0575. The Hall–Kier alpha value is -0.120. The van der Waals surface area contributed by atoms with Gasteiger partial charge in [0.1, 0.15) is 0 Å². The van der Waals surface area contributed by atoms with E-state index in [1.54, 1.807) is 0 Å². The van der Waals surface area contributed by atoms with Crippen LogP contribution in [0.1, 0.15) is 25.7 Å². The lowest BCUT2D eigenvalue weighted by Gasteiger charge is -2.36. The van der Waals surface area contributed by atoms with Crippen molar-refractivity contribution in [3.8, 4) is 0 Å². The van der Waals surface area contributed by atoms with Crippen LogP contribution in [-0.4, -0.2) is 48.0 Å². The van der Waals surface area contributed by atoms with Gasteiger partial charge in [-0.15, -0.1) is 0 Å². The highest BCUT2D eigenvalue weighted by molar-refractivity contribution is 4.98. The minimum atomic E-state index is 0.174. The lowest BCUT2D eigenvalue weighted by atomic mass is 9.69. The summed E-state index contributed by atoms with van der Waals surface area (Å²) in [6.45, 7) is 3.43. The Morgan fingerprint density at radius 3 is 2.79 bits per heavy atom. The predicted octanol–water partition coefficient (Wildman–Crippen LogP) is 0.463. The van der Waals surface area contributed by atoms with E-state index in [1.807, 2.05) is 0 Å². The van der Waals surface area contributed by atoms with Gasteiger partial charge in [0.15, 0.2) is 0 Å². The first kappa shape index (κ1) is 10.4. The number of β-amino-alcohol motifs (C(OH)–C–C–N with tert-alkyl or cyclic N) is 1. The van der Waals surface area contributed by atoms with Gasteiger partial charge in [-0.05, 0) is 18.8 Å². The van der Waals surface area contributed by atoms with Gasteiger partial charge in [-0.1, -0.05) is 12.8 Å². The number of aliphatic hydroxyl groups is 2. The van der Waals surface area contributed by atoms with Crippen molar-refractivity contribution in [2.45, 2.75) is 25.7 Å². The smallest absolute Gasteiger partial charge is 0.0558 e. The minimum absolute atomic E-state index is 0.174. The molecule has 2 fully saturated rings. The first-order valence-electron chi connectivity index (χ1n) is 5.75. The Morgan fingerprint density at radius 1 is 1.29 bits per heavy atom. The summed E-state index contributed by atoms with van der Waals surface area (Å²) in [6, 6.07) is 0. The number of hydrogen-bond donors (Lipinski definition) is 2. The summed E-state index contributed by atoms with van der Waals surface area (Å²) in [7, 11) is 0. The zero-order chi connectivity index (χ0) is 10.0. The van der Waals surface area contributed by atoms with Gasteiger partial charge in [0.2, 0.25) is 0 Å². The van der Waals surface area contributed by atoms with Gasteiger partial charge in [-0.3, -0.25) is 0 Å². The van der Waals surface area contributed by atoms with Crippen LogP contribution in [0, 0.1) is 11.3 Å². The second kappa shape index (κ2) is 4.17. The third-order valence-corrected chi connectivity index (χ3v) is 4.09. The highest BCUT2D eigenvalue weighted by Gasteiger charge is 2.46. The molecule has 2 N–H and O–H groups in total. The van der Waals surface area contributed by atoms with E-state index in [1.165, 1.54) is 25.7 Å². The molecule has 1 saturated heterocycles. The third kappa shape index (κ3) is 1.69. The number of aliphatic hydroxyl groups excluding tert-OH is 2. The van der Waals surface area contributed by atoms with Crippen LogP contribution in [-0.2, 0) is 0 Å². The van der Waals surface area contributed by atoms with E-state index in [-0.39, 0.29) is 12.0 Å². The number of rotatable bonds is 3. The monoisotopic (exact) mass is 199 g/mol. The summed E-state index contributed by atoms with van der Waals surface area (Å²) in [5, 5.41) is 18.5. The van der Waals surface area contributed by atoms with Crippen LogP contribution < -0.4 is 0 Å². The molecule has 1 heterocycles. The van der Waals surface area contributed by atoms with Crippen molar-refractivity contribution in [1.29, 1.82) is 0 Å². The molecule has 0 aromatic carbocycles. The molecule has 14 heavy (non-hydrogen) atoms. The van der Waals surface area contributed by atoms with Crippen LogP contribution >= 0.6 is 0 Å². The topological polar surface area (TPSA) is 43.7 Å². The second-order valence-electron chi connectivity index (χ2n) is 4.92. The summed E-state index contributed by atoms with van der Waals surface area (Å²) in [5.74, 6) is 0.674. The molecule has 0 aromatic rings. The normalized spacial score (nSPS) is 38.6. The molecular formula is C11H21NO2. The molecule has 1 aliphatic carbocycles. The highest BCUT2D eigenvalue weighted by Crippen LogP contribution is 2.46. The number of fused-ring (bicyclic) bond motifs is 1. The molecule has 82 valence electrons. The van der Waals surface area contributed by atoms with Crippen molar-refractivity contribution >= 4 is 0 Å². The molecule has 3 nitrogen and oxygen atoms in total. The maximum absolute atomic E-state index is 9.55. The van der Waals surface area contributed by atoms with E-state index in [4.69, 9.17) is 5.11 Å². The van der Waals surface area contributed by atoms with Crippen molar-refractivity contribution in [1.82, 2.24) is 4.90 Å². The summed E-state index contributed by atoms with van der Waals surface area (Å²) >= 11 is 0. The predicted molar refractivity (Wildman–Crippen MR) is 55.0 cm³/mol. The van der Waals surface area contributed by atoms with Gasteiger partial charge < -0.3 is 15.1 Å². The Morgan fingerprint density at radius 2 is 2.14 bits per heavy atom. The maximum Gasteiger partial charge on any atom is 0.0558 e. The molecule has 0 bridgehead atoms. The minimum Gasteiger partial charge on any atom is -0.396 e. The van der Waals surface area contributed by atoms with E-state index in [9.17, 15) is 5.11 Å². The molecule has 0 radical (unpaired) electrons. The fourth-order valence-corrected chi connectivity index (χ4v) is 3.26. The van der Waals surface area contributed by atoms with E-state index in [2.05, 4.69) is 4.90 Å². The molecule has 0 aromatic heterocycles. The van der Waals surface area contributed by atoms with Gasteiger partial charge in [0, 0.05) is 25.0 Å². The van der Waals surface area contributed by atoms with Gasteiger partial charge in [0.25, 0.3) is 0 Å². The zero-order valence-electron chi connectivity index (χ0n) is 8.78. The van der Waals surface area contributed by atoms with Gasteiger partial charge in [0.05, 0.1) is 13.2 Å². The maximum atomic E-state index is 9.55. The molecule has 0 spiro atoms. The first-order valence-corrected chi connectivity index (χ1v) is 5.75. The SMILES string of the molecule is OCCN1C[C@H]2CCCC[C@@]2(CO)C1. The standard InChI is InChI=1S/C11H21NO2/c13-6-5-12-7-10-3-1-2-4-11(10,8-12)9-14/h10,13-14H,1-9H2/t10-,11+/m1/s1. The van der Waals surface area contributed by atoms with E-state index < -0.39 is 0 Å². The quantitative estimate of drug-likeness (QED) is 0.694. The lowest BCUT2D eigenvalue weighted by Crippen LogP contribution is -2.37. The Kier molecular flexibility index (Phi) is 3.10. The van der Waals surface area contributed by atoms with Crippen LogP contribution in [0.3, 0.4) is 0 Å². The Labute approximate surface area is 85.7 Å².